The Bertz CT molecular complexity index is 381. The Balaban J connectivity index is -0.000000750. The van der Waals surface area contributed by atoms with E-state index >= 15 is 0 Å². The molecule has 78 valence electrons. The van der Waals surface area contributed by atoms with Crippen molar-refractivity contribution in [3.05, 3.63) is 34.9 Å². The van der Waals surface area contributed by atoms with E-state index in [1.165, 1.54) is 0 Å². The zero-order chi connectivity index (χ0) is 11.6. The van der Waals surface area contributed by atoms with Crippen LogP contribution in [0.2, 0.25) is 0 Å². The average molecular weight is 606 g/mol. The predicted octanol–water partition coefficient (Wildman–Crippen LogP) is -12.2. The maximum absolute atomic E-state index is 10.4. The summed E-state index contributed by atoms with van der Waals surface area (Å²) >= 11 is 0. The van der Waals surface area contributed by atoms with Crippen molar-refractivity contribution in [1.29, 1.82) is 0 Å². The summed E-state index contributed by atoms with van der Waals surface area (Å²) in [4.78, 5) is 31.2. The third kappa shape index (κ3) is 9.04. The predicted molar refractivity (Wildman–Crippen MR) is 39.4 cm³/mol. The Hall–Kier alpha value is 3.79. The summed E-state index contributed by atoms with van der Waals surface area (Å²) in [7, 11) is 0. The quantitative estimate of drug-likeness (QED) is 0.338. The van der Waals surface area contributed by atoms with Gasteiger partial charge in [-0.1, -0.05) is 0 Å². The van der Waals surface area contributed by atoms with Crippen LogP contribution in [-0.4, -0.2) is 17.9 Å². The summed E-state index contributed by atoms with van der Waals surface area (Å²) < 4.78 is 0. The van der Waals surface area contributed by atoms with E-state index in [2.05, 4.69) is 0 Å². The summed E-state index contributed by atoms with van der Waals surface area (Å²) in [6.45, 7) is 0. The molecule has 0 atom stereocenters. The molecular formula is C9H3Cs3O6. The van der Waals surface area contributed by atoms with Gasteiger partial charge in [0.2, 0.25) is 0 Å². The van der Waals surface area contributed by atoms with Gasteiger partial charge < -0.3 is 29.7 Å². The molecule has 6 nitrogen and oxygen atoms in total. The van der Waals surface area contributed by atoms with Crippen LogP contribution in [0.25, 0.3) is 0 Å². The van der Waals surface area contributed by atoms with E-state index in [-0.39, 0.29) is 207 Å². The monoisotopic (exact) mass is 606 g/mol. The number of carbonyl (C=O) groups excluding carboxylic acids is 3. The van der Waals surface area contributed by atoms with Crippen LogP contribution < -0.4 is 222 Å². The summed E-state index contributed by atoms with van der Waals surface area (Å²) in [6.07, 6.45) is 0. The molecule has 18 heavy (non-hydrogen) atoms. The maximum Gasteiger partial charge on any atom is 1.00 e. The first-order valence-electron chi connectivity index (χ1n) is 3.71. The fraction of sp³-hybridized carbons (Fsp3) is 0. The Morgan fingerprint density at radius 1 is 0.611 bits per heavy atom. The van der Waals surface area contributed by atoms with Crippen molar-refractivity contribution in [1.82, 2.24) is 0 Å². The largest absolute Gasteiger partial charge is 1.00 e. The number of benzene rings is 1. The number of aromatic carboxylic acids is 3. The first-order valence-corrected chi connectivity index (χ1v) is 3.71. The van der Waals surface area contributed by atoms with Gasteiger partial charge in [-0.25, -0.2) is 0 Å². The minimum absolute atomic E-state index is 0. The van der Waals surface area contributed by atoms with Gasteiger partial charge in [-0.3, -0.25) is 0 Å². The Labute approximate surface area is 279 Å². The molecule has 0 N–H and O–H groups in total. The maximum atomic E-state index is 10.4. The molecule has 0 radical (unpaired) electrons. The zero-order valence-corrected chi connectivity index (χ0v) is 29.0. The van der Waals surface area contributed by atoms with Crippen molar-refractivity contribution < 1.29 is 236 Å². The van der Waals surface area contributed by atoms with Gasteiger partial charge in [0.15, 0.2) is 0 Å². The summed E-state index contributed by atoms with van der Waals surface area (Å²) in [6, 6.07) is 2.24. The molecule has 0 fully saturated rings. The van der Waals surface area contributed by atoms with E-state index < -0.39 is 34.6 Å². The molecular weight excluding hydrogens is 603 g/mol. The Morgan fingerprint density at radius 2 is 0.778 bits per heavy atom. The fourth-order valence-electron chi connectivity index (χ4n) is 0.981. The molecule has 0 saturated heterocycles. The number of rotatable bonds is 3. The smallest absolute Gasteiger partial charge is 0.545 e. The molecule has 0 saturated carbocycles. The van der Waals surface area contributed by atoms with Gasteiger partial charge in [0.1, 0.15) is 0 Å². The van der Waals surface area contributed by atoms with Crippen molar-refractivity contribution in [2.45, 2.75) is 0 Å². The molecule has 0 spiro atoms. The van der Waals surface area contributed by atoms with Crippen LogP contribution in [0.1, 0.15) is 31.1 Å². The normalized spacial score (nSPS) is 8.00. The van der Waals surface area contributed by atoms with Crippen molar-refractivity contribution in [3.63, 3.8) is 0 Å². The van der Waals surface area contributed by atoms with Crippen molar-refractivity contribution in [2.24, 2.45) is 0 Å². The molecule has 0 aliphatic carbocycles. The van der Waals surface area contributed by atoms with Crippen molar-refractivity contribution in [2.75, 3.05) is 0 Å². The van der Waals surface area contributed by atoms with Crippen LogP contribution in [0, 0.1) is 0 Å². The molecule has 0 amide bonds. The second-order valence-electron chi connectivity index (χ2n) is 2.66. The van der Waals surface area contributed by atoms with Crippen LogP contribution in [0.3, 0.4) is 0 Å². The van der Waals surface area contributed by atoms with Crippen molar-refractivity contribution in [3.8, 4) is 0 Å². The summed E-state index contributed by atoms with van der Waals surface area (Å²) in [5.74, 6) is -5.04. The third-order valence-corrected chi connectivity index (χ3v) is 1.64. The molecule has 0 aromatic heterocycles. The molecule has 0 aliphatic rings. The van der Waals surface area contributed by atoms with Gasteiger partial charge in [-0.05, 0) is 34.9 Å². The van der Waals surface area contributed by atoms with Crippen LogP contribution >= 0.6 is 0 Å². The van der Waals surface area contributed by atoms with E-state index in [0.717, 1.165) is 18.2 Å². The van der Waals surface area contributed by atoms with Gasteiger partial charge in [-0.2, -0.15) is 0 Å². The van der Waals surface area contributed by atoms with Crippen LogP contribution in [0.4, 0.5) is 0 Å². The van der Waals surface area contributed by atoms with E-state index in [1.807, 2.05) is 0 Å². The fourth-order valence-corrected chi connectivity index (χ4v) is 0.981. The van der Waals surface area contributed by atoms with Gasteiger partial charge in [0.05, 0.1) is 17.9 Å². The SMILES string of the molecule is O=C([O-])c1cc(C(=O)[O-])cc(C(=O)[O-])c1.[Cs+].[Cs+].[Cs+]. The van der Waals surface area contributed by atoms with Gasteiger partial charge in [-0.15, -0.1) is 0 Å². The van der Waals surface area contributed by atoms with E-state index in [0.29, 0.717) is 0 Å². The van der Waals surface area contributed by atoms with E-state index in [4.69, 9.17) is 0 Å². The Kier molecular flexibility index (Phi) is 19.6. The number of hydrogen-bond acceptors (Lipinski definition) is 6. The van der Waals surface area contributed by atoms with E-state index in [9.17, 15) is 29.7 Å². The zero-order valence-electron chi connectivity index (χ0n) is 10.2. The Morgan fingerprint density at radius 3 is 0.889 bits per heavy atom. The standard InChI is InChI=1S/C9H6O6.3Cs/c10-7(11)4-1-5(8(12)13)3-6(2-4)9(14)15;;;/h1-3H,(H,10,11)(H,12,13)(H,14,15);;;/q;3*+1/p-3. The van der Waals surface area contributed by atoms with Crippen LogP contribution in [-0.2, 0) is 0 Å². The van der Waals surface area contributed by atoms with Gasteiger partial charge in [0, 0.05) is 0 Å². The number of hydrogen-bond donors (Lipinski definition) is 0. The first kappa shape index (κ1) is 26.7. The molecule has 0 aliphatic heterocycles. The molecule has 1 aromatic carbocycles. The van der Waals surface area contributed by atoms with Crippen molar-refractivity contribution >= 4 is 17.9 Å². The molecule has 1 rings (SSSR count). The minimum atomic E-state index is -1.68. The number of carboxylic acids is 3. The molecule has 0 heterocycles. The second-order valence-corrected chi connectivity index (χ2v) is 2.66. The summed E-state index contributed by atoms with van der Waals surface area (Å²) in [5.41, 5.74) is -1.68. The van der Waals surface area contributed by atoms with E-state index in [1.54, 1.807) is 0 Å². The molecule has 0 bridgehead atoms. The molecule has 0 unspecified atom stereocenters. The van der Waals surface area contributed by atoms with Gasteiger partial charge in [0.25, 0.3) is 0 Å². The molecule has 1 aromatic rings. The minimum Gasteiger partial charge on any atom is -0.545 e. The first-order chi connectivity index (χ1) is 6.91. The number of carboxylic acid groups (broad SMARTS) is 3. The average Bonchev–Trinajstić information content (AvgIpc) is 2.16. The van der Waals surface area contributed by atoms with Gasteiger partial charge >= 0.3 is 207 Å². The summed E-state index contributed by atoms with van der Waals surface area (Å²) in [5, 5.41) is 31.2. The van der Waals surface area contributed by atoms with Crippen LogP contribution in [0.15, 0.2) is 18.2 Å². The number of carbonyl (C=O) groups is 3. The topological polar surface area (TPSA) is 120 Å². The third-order valence-electron chi connectivity index (χ3n) is 1.64. The van der Waals surface area contributed by atoms with Crippen LogP contribution in [0.5, 0.6) is 0 Å². The molecule has 9 heteroatoms. The second kappa shape index (κ2) is 13.2.